The molecule has 0 aromatic heterocycles. The first-order valence-electron chi connectivity index (χ1n) is 12.8. The molecule has 0 saturated carbocycles. The van der Waals surface area contributed by atoms with E-state index in [1.807, 2.05) is 54.6 Å². The smallest absolute Gasteiger partial charge is 0.143 e. The minimum absolute atomic E-state index is 0.785. The van der Waals surface area contributed by atoms with Gasteiger partial charge in [0.05, 0.1) is 0 Å². The van der Waals surface area contributed by atoms with Gasteiger partial charge in [0.1, 0.15) is 23.0 Å². The molecule has 0 aliphatic carbocycles. The maximum Gasteiger partial charge on any atom is 0.143 e. The summed E-state index contributed by atoms with van der Waals surface area (Å²) in [7, 11) is 0. The maximum atomic E-state index is 6.95. The third-order valence-electron chi connectivity index (χ3n) is 6.98. The molecular weight excluding hydrogens is 464 g/mol. The average Bonchev–Trinajstić information content (AvgIpc) is 2.99. The standard InChI is InChI=1S/C36H24O2/c1-3-13-25(14-4-1)27-19-12-24-34-35(27)31-21-11-20-28(26-15-5-2-6-16-26)36(31)38-33-23-10-8-18-30(33)29-17-7-9-22-32(29)37-34/h1-24H. The lowest BCUT2D eigenvalue weighted by molar-refractivity contribution is 0.473. The lowest BCUT2D eigenvalue weighted by Crippen LogP contribution is -2.00. The van der Waals surface area contributed by atoms with Crippen LogP contribution in [0, 0.1) is 0 Å². The van der Waals surface area contributed by atoms with E-state index in [-0.39, 0.29) is 0 Å². The Morgan fingerprint density at radius 1 is 0.289 bits per heavy atom. The van der Waals surface area contributed by atoms with E-state index in [9.17, 15) is 0 Å². The van der Waals surface area contributed by atoms with Crippen molar-refractivity contribution in [1.82, 2.24) is 0 Å². The molecule has 7 rings (SSSR count). The molecule has 2 nitrogen and oxygen atoms in total. The molecular formula is C36H24O2. The predicted octanol–water partition coefficient (Wildman–Crippen LogP) is 10.3. The van der Waals surface area contributed by atoms with Crippen molar-refractivity contribution in [1.29, 1.82) is 0 Å². The van der Waals surface area contributed by atoms with Crippen molar-refractivity contribution in [3.05, 3.63) is 146 Å². The minimum atomic E-state index is 0.785. The molecule has 1 heterocycles. The highest BCUT2D eigenvalue weighted by atomic mass is 16.5. The molecule has 0 bridgehead atoms. The van der Waals surface area contributed by atoms with Gasteiger partial charge >= 0.3 is 0 Å². The first kappa shape index (κ1) is 22.1. The van der Waals surface area contributed by atoms with Gasteiger partial charge in [-0.05, 0) is 34.9 Å². The number of hydrogen-bond donors (Lipinski definition) is 0. The zero-order valence-electron chi connectivity index (χ0n) is 20.7. The fourth-order valence-electron chi connectivity index (χ4n) is 5.23. The summed E-state index contributed by atoms with van der Waals surface area (Å²) in [5.74, 6) is 3.17. The lowest BCUT2D eigenvalue weighted by Gasteiger charge is -2.24. The van der Waals surface area contributed by atoms with Gasteiger partial charge in [0, 0.05) is 27.8 Å². The van der Waals surface area contributed by atoms with E-state index in [0.717, 1.165) is 67.5 Å². The fraction of sp³-hybridized carbons (Fsp3) is 0. The number of hydrogen-bond acceptors (Lipinski definition) is 2. The predicted molar refractivity (Wildman–Crippen MR) is 155 cm³/mol. The number of para-hydroxylation sites is 3. The van der Waals surface area contributed by atoms with Crippen LogP contribution >= 0.6 is 0 Å². The Hall–Kier alpha value is -5.08. The summed E-state index contributed by atoms with van der Waals surface area (Å²) in [5, 5.41) is 0. The first-order valence-corrected chi connectivity index (χ1v) is 12.8. The molecule has 180 valence electrons. The molecule has 0 atom stereocenters. The normalized spacial score (nSPS) is 11.6. The molecule has 1 aliphatic heterocycles. The Bertz CT molecular complexity index is 1750. The molecule has 0 unspecified atom stereocenters. The van der Waals surface area contributed by atoms with Crippen LogP contribution in [0.1, 0.15) is 0 Å². The Morgan fingerprint density at radius 3 is 1.42 bits per heavy atom. The van der Waals surface area contributed by atoms with Gasteiger partial charge in [-0.25, -0.2) is 0 Å². The van der Waals surface area contributed by atoms with Crippen molar-refractivity contribution in [3.63, 3.8) is 0 Å². The summed E-state index contributed by atoms with van der Waals surface area (Å²) in [4.78, 5) is 0. The highest BCUT2D eigenvalue weighted by Gasteiger charge is 2.24. The monoisotopic (exact) mass is 488 g/mol. The molecule has 6 aromatic rings. The van der Waals surface area contributed by atoms with Crippen molar-refractivity contribution < 1.29 is 9.47 Å². The summed E-state index contributed by atoms with van der Waals surface area (Å²) in [6.45, 7) is 0. The SMILES string of the molecule is c1ccc(-c2cccc3c2Oc2ccccc2-c2ccccc2Oc2cccc(-c4ccccc4)c2-3)cc1. The average molecular weight is 489 g/mol. The quantitative estimate of drug-likeness (QED) is 0.241. The van der Waals surface area contributed by atoms with Crippen LogP contribution in [0.5, 0.6) is 23.0 Å². The Labute approximate surface area is 222 Å². The van der Waals surface area contributed by atoms with Gasteiger partial charge in [-0.1, -0.05) is 127 Å². The van der Waals surface area contributed by atoms with Crippen LogP contribution in [-0.2, 0) is 0 Å². The Balaban J connectivity index is 1.59. The second-order valence-corrected chi connectivity index (χ2v) is 9.29. The van der Waals surface area contributed by atoms with Gasteiger partial charge in [0.25, 0.3) is 0 Å². The van der Waals surface area contributed by atoms with Crippen LogP contribution < -0.4 is 9.47 Å². The van der Waals surface area contributed by atoms with Crippen LogP contribution in [0.15, 0.2) is 146 Å². The second-order valence-electron chi connectivity index (χ2n) is 9.29. The minimum Gasteiger partial charge on any atom is -0.456 e. The van der Waals surface area contributed by atoms with E-state index in [4.69, 9.17) is 9.47 Å². The summed E-state index contributed by atoms with van der Waals surface area (Å²) in [6, 6.07) is 49.8. The summed E-state index contributed by atoms with van der Waals surface area (Å²) >= 11 is 0. The van der Waals surface area contributed by atoms with Gasteiger partial charge in [0.2, 0.25) is 0 Å². The van der Waals surface area contributed by atoms with E-state index >= 15 is 0 Å². The van der Waals surface area contributed by atoms with Crippen LogP contribution in [0.25, 0.3) is 44.5 Å². The van der Waals surface area contributed by atoms with Gasteiger partial charge in [-0.2, -0.15) is 0 Å². The highest BCUT2D eigenvalue weighted by Crippen LogP contribution is 2.51. The van der Waals surface area contributed by atoms with Crippen molar-refractivity contribution in [2.24, 2.45) is 0 Å². The van der Waals surface area contributed by atoms with Crippen molar-refractivity contribution in [2.45, 2.75) is 0 Å². The molecule has 38 heavy (non-hydrogen) atoms. The molecule has 1 aliphatic rings. The third-order valence-corrected chi connectivity index (χ3v) is 6.98. The van der Waals surface area contributed by atoms with Crippen molar-refractivity contribution in [2.75, 3.05) is 0 Å². The Morgan fingerprint density at radius 2 is 0.737 bits per heavy atom. The summed E-state index contributed by atoms with van der Waals surface area (Å²) in [6.07, 6.45) is 0. The lowest BCUT2D eigenvalue weighted by atomic mass is 9.90. The van der Waals surface area contributed by atoms with Crippen molar-refractivity contribution >= 4 is 0 Å². The molecule has 0 amide bonds. The fourth-order valence-corrected chi connectivity index (χ4v) is 5.23. The van der Waals surface area contributed by atoms with E-state index in [1.165, 1.54) is 0 Å². The van der Waals surface area contributed by atoms with Gasteiger partial charge < -0.3 is 9.47 Å². The molecule has 0 N–H and O–H groups in total. The van der Waals surface area contributed by atoms with E-state index in [0.29, 0.717) is 0 Å². The Kier molecular flexibility index (Phi) is 5.49. The van der Waals surface area contributed by atoms with Crippen LogP contribution in [0.4, 0.5) is 0 Å². The number of rotatable bonds is 2. The first-order chi connectivity index (χ1) is 18.9. The summed E-state index contributed by atoms with van der Waals surface area (Å²) in [5.41, 5.74) is 8.29. The van der Waals surface area contributed by atoms with Crippen LogP contribution in [0.2, 0.25) is 0 Å². The molecule has 6 aromatic carbocycles. The number of fused-ring (bicyclic) bond motifs is 6. The van der Waals surface area contributed by atoms with Crippen LogP contribution in [0.3, 0.4) is 0 Å². The van der Waals surface area contributed by atoms with Gasteiger partial charge in [-0.15, -0.1) is 0 Å². The number of ether oxygens (including phenoxy) is 2. The maximum absolute atomic E-state index is 6.95. The van der Waals surface area contributed by atoms with E-state index < -0.39 is 0 Å². The largest absolute Gasteiger partial charge is 0.456 e. The molecule has 2 heteroatoms. The summed E-state index contributed by atoms with van der Waals surface area (Å²) < 4.78 is 13.7. The zero-order chi connectivity index (χ0) is 25.3. The molecule has 0 spiro atoms. The van der Waals surface area contributed by atoms with Crippen molar-refractivity contribution in [3.8, 4) is 67.5 Å². The van der Waals surface area contributed by atoms with Gasteiger partial charge in [-0.3, -0.25) is 0 Å². The third kappa shape index (κ3) is 3.84. The molecule has 0 radical (unpaired) electrons. The van der Waals surface area contributed by atoms with Crippen LogP contribution in [-0.4, -0.2) is 0 Å². The topological polar surface area (TPSA) is 18.5 Å². The van der Waals surface area contributed by atoms with E-state index in [2.05, 4.69) is 91.0 Å². The van der Waals surface area contributed by atoms with E-state index in [1.54, 1.807) is 0 Å². The highest BCUT2D eigenvalue weighted by molar-refractivity contribution is 5.94. The molecule has 0 fully saturated rings. The van der Waals surface area contributed by atoms with Gasteiger partial charge in [0.15, 0.2) is 0 Å². The molecule has 0 saturated heterocycles. The number of benzene rings is 6. The zero-order valence-corrected chi connectivity index (χ0v) is 20.7. The second kappa shape index (κ2) is 9.42.